The topological polar surface area (TPSA) is 84.9 Å². The molecule has 7 nitrogen and oxygen atoms in total. The standard InChI is InChI=1S/C36H30N2O5/c1-21-12-14-23(15-13-21)32(39)30-31(33(40)24-16-17-28(42-2)29(20-24)43-3)38-19-18-22-8-4-5-9-25(22)34(38)36(30)26-10-6-7-11-27(26)37-35(36)41/h4-20,30-31,34H,1-3H3,(H,37,41)/t30-,31-,34+,36+/m0/s1. The number of benzene rings is 4. The summed E-state index contributed by atoms with van der Waals surface area (Å²) >= 11 is 0. The number of carbonyl (C=O) groups is 3. The van der Waals surface area contributed by atoms with E-state index in [4.69, 9.17) is 9.47 Å². The number of Topliss-reactive ketones (excluding diaryl/α,β-unsaturated/α-hetero) is 2. The third-order valence-corrected chi connectivity index (χ3v) is 9.13. The third kappa shape index (κ3) is 3.77. The summed E-state index contributed by atoms with van der Waals surface area (Å²) in [4.78, 5) is 46.1. The highest BCUT2D eigenvalue weighted by molar-refractivity contribution is 6.16. The second kappa shape index (κ2) is 9.98. The van der Waals surface area contributed by atoms with Crippen LogP contribution in [0.15, 0.2) is 97.2 Å². The molecule has 1 spiro atoms. The van der Waals surface area contributed by atoms with Crippen LogP contribution >= 0.6 is 0 Å². The van der Waals surface area contributed by atoms with Gasteiger partial charge in [0.05, 0.1) is 26.2 Å². The molecule has 0 aliphatic carbocycles. The predicted molar refractivity (Wildman–Crippen MR) is 163 cm³/mol. The Morgan fingerprint density at radius 2 is 1.51 bits per heavy atom. The largest absolute Gasteiger partial charge is 0.493 e. The average Bonchev–Trinajstić information content (AvgIpc) is 3.52. The Bertz CT molecular complexity index is 1830. The molecule has 3 heterocycles. The number of hydrogen-bond donors (Lipinski definition) is 1. The van der Waals surface area contributed by atoms with E-state index in [0.717, 1.165) is 16.7 Å². The quantitative estimate of drug-likeness (QED) is 0.287. The number of carbonyl (C=O) groups excluding carboxylic acids is 3. The number of nitrogens with one attached hydrogen (secondary N) is 1. The van der Waals surface area contributed by atoms with Gasteiger partial charge in [0, 0.05) is 23.0 Å². The first kappa shape index (κ1) is 26.7. The van der Waals surface area contributed by atoms with Crippen molar-refractivity contribution in [3.63, 3.8) is 0 Å². The van der Waals surface area contributed by atoms with E-state index in [1.54, 1.807) is 30.3 Å². The summed E-state index contributed by atoms with van der Waals surface area (Å²) in [6.07, 6.45) is 3.82. The van der Waals surface area contributed by atoms with E-state index < -0.39 is 23.4 Å². The average molecular weight is 571 g/mol. The van der Waals surface area contributed by atoms with E-state index in [-0.39, 0.29) is 17.5 Å². The van der Waals surface area contributed by atoms with Crippen LogP contribution in [-0.4, -0.2) is 42.6 Å². The molecule has 0 bridgehead atoms. The fourth-order valence-electron chi connectivity index (χ4n) is 7.23. The van der Waals surface area contributed by atoms with Gasteiger partial charge >= 0.3 is 0 Å². The molecule has 1 N–H and O–H groups in total. The van der Waals surface area contributed by atoms with Gasteiger partial charge in [0.1, 0.15) is 11.5 Å². The molecule has 1 saturated heterocycles. The van der Waals surface area contributed by atoms with Crippen molar-refractivity contribution in [1.29, 1.82) is 0 Å². The fraction of sp³-hybridized carbons (Fsp3) is 0.194. The number of ketones is 2. The summed E-state index contributed by atoms with van der Waals surface area (Å²) in [7, 11) is 3.05. The minimum absolute atomic E-state index is 0.258. The molecule has 7 heteroatoms. The Morgan fingerprint density at radius 1 is 0.814 bits per heavy atom. The molecule has 0 saturated carbocycles. The van der Waals surface area contributed by atoms with Crippen molar-refractivity contribution in [2.75, 3.05) is 19.5 Å². The smallest absolute Gasteiger partial charge is 0.238 e. The van der Waals surface area contributed by atoms with E-state index >= 15 is 0 Å². The van der Waals surface area contributed by atoms with Crippen LogP contribution < -0.4 is 14.8 Å². The number of anilines is 1. The summed E-state index contributed by atoms with van der Waals surface area (Å²) in [6.45, 7) is 1.96. The SMILES string of the molecule is COc1ccc(C(=O)[C@@H]2[C@@H](C(=O)c3ccc(C)cc3)[C@@]3(C(=O)Nc4ccccc43)[C@H]3c4ccccc4C=CN23)cc1OC. The monoisotopic (exact) mass is 570 g/mol. The number of methoxy groups -OCH3 is 2. The zero-order valence-electron chi connectivity index (χ0n) is 24.0. The van der Waals surface area contributed by atoms with Gasteiger partial charge in [0.25, 0.3) is 0 Å². The van der Waals surface area contributed by atoms with Gasteiger partial charge in [-0.15, -0.1) is 0 Å². The van der Waals surface area contributed by atoms with Crippen LogP contribution in [0.3, 0.4) is 0 Å². The number of para-hydroxylation sites is 1. The maximum atomic E-state index is 14.9. The van der Waals surface area contributed by atoms with E-state index in [0.29, 0.717) is 33.9 Å². The Morgan fingerprint density at radius 3 is 2.28 bits per heavy atom. The Hall–Kier alpha value is -5.17. The summed E-state index contributed by atoms with van der Waals surface area (Å²) in [5, 5.41) is 3.08. The van der Waals surface area contributed by atoms with Crippen LogP contribution in [0.5, 0.6) is 11.5 Å². The van der Waals surface area contributed by atoms with Gasteiger partial charge in [0.2, 0.25) is 5.91 Å². The van der Waals surface area contributed by atoms with Gasteiger partial charge in [-0.3, -0.25) is 14.4 Å². The first-order valence-electron chi connectivity index (χ1n) is 14.2. The number of fused-ring (bicyclic) bond motifs is 6. The highest BCUT2D eigenvalue weighted by Gasteiger charge is 2.70. The molecular formula is C36H30N2O5. The molecule has 0 radical (unpaired) electrons. The number of nitrogens with zero attached hydrogens (tertiary/aromatic N) is 1. The number of aryl methyl sites for hydroxylation is 1. The van der Waals surface area contributed by atoms with Gasteiger partial charge in [-0.25, -0.2) is 0 Å². The summed E-state index contributed by atoms with van der Waals surface area (Å²) < 4.78 is 10.9. The van der Waals surface area contributed by atoms with Crippen LogP contribution in [-0.2, 0) is 10.2 Å². The van der Waals surface area contributed by atoms with E-state index in [9.17, 15) is 14.4 Å². The molecule has 0 aromatic heterocycles. The molecule has 4 aromatic rings. The van der Waals surface area contributed by atoms with E-state index in [1.165, 1.54) is 14.2 Å². The van der Waals surface area contributed by atoms with Crippen LogP contribution in [0.25, 0.3) is 6.08 Å². The molecule has 43 heavy (non-hydrogen) atoms. The maximum absolute atomic E-state index is 14.9. The maximum Gasteiger partial charge on any atom is 0.238 e. The van der Waals surface area contributed by atoms with Crippen molar-refractivity contribution in [2.24, 2.45) is 5.92 Å². The van der Waals surface area contributed by atoms with Gasteiger partial charge in [-0.1, -0.05) is 72.3 Å². The lowest BCUT2D eigenvalue weighted by Crippen LogP contribution is -2.49. The van der Waals surface area contributed by atoms with E-state index in [2.05, 4.69) is 5.32 Å². The lowest BCUT2D eigenvalue weighted by atomic mass is 9.62. The first-order valence-corrected chi connectivity index (χ1v) is 14.2. The normalized spacial score (nSPS) is 22.9. The zero-order chi connectivity index (χ0) is 29.9. The van der Waals surface area contributed by atoms with Crippen molar-refractivity contribution in [2.45, 2.75) is 24.4 Å². The number of rotatable bonds is 6. The minimum atomic E-state index is -1.38. The second-order valence-corrected chi connectivity index (χ2v) is 11.2. The number of ether oxygens (including phenoxy) is 2. The van der Waals surface area contributed by atoms with Crippen LogP contribution in [0.2, 0.25) is 0 Å². The fourth-order valence-corrected chi connectivity index (χ4v) is 7.23. The molecule has 1 amide bonds. The second-order valence-electron chi connectivity index (χ2n) is 11.2. The molecule has 3 aliphatic rings. The van der Waals surface area contributed by atoms with Gasteiger partial charge in [0.15, 0.2) is 23.1 Å². The van der Waals surface area contributed by atoms with Crippen molar-refractivity contribution < 1.29 is 23.9 Å². The highest BCUT2D eigenvalue weighted by atomic mass is 16.5. The molecule has 3 aliphatic heterocycles. The van der Waals surface area contributed by atoms with Crippen LogP contribution in [0.4, 0.5) is 5.69 Å². The molecule has 1 fully saturated rings. The Kier molecular flexibility index (Phi) is 6.20. The molecule has 7 rings (SSSR count). The van der Waals surface area contributed by atoms with Crippen molar-refractivity contribution in [1.82, 2.24) is 4.90 Å². The summed E-state index contributed by atoms with van der Waals surface area (Å²) in [6, 6.07) is 26.1. The van der Waals surface area contributed by atoms with Crippen molar-refractivity contribution >= 4 is 29.2 Å². The van der Waals surface area contributed by atoms with Crippen LogP contribution in [0.1, 0.15) is 49.0 Å². The Balaban J connectivity index is 1.51. The lowest BCUT2D eigenvalue weighted by Gasteiger charge is -2.38. The van der Waals surface area contributed by atoms with Crippen molar-refractivity contribution in [3.8, 4) is 11.5 Å². The predicted octanol–water partition coefficient (Wildman–Crippen LogP) is 5.99. The highest BCUT2D eigenvalue weighted by Crippen LogP contribution is 2.62. The number of amides is 1. The van der Waals surface area contributed by atoms with Gasteiger partial charge < -0.3 is 19.7 Å². The van der Waals surface area contributed by atoms with E-state index in [1.807, 2.05) is 84.8 Å². The third-order valence-electron chi connectivity index (χ3n) is 9.13. The lowest BCUT2D eigenvalue weighted by molar-refractivity contribution is -0.122. The summed E-state index contributed by atoms with van der Waals surface area (Å²) in [5.41, 5.74) is 3.65. The molecule has 4 aromatic carbocycles. The van der Waals surface area contributed by atoms with Crippen molar-refractivity contribution in [3.05, 3.63) is 131 Å². The zero-order valence-corrected chi connectivity index (χ0v) is 24.0. The molecule has 0 unspecified atom stereocenters. The van der Waals surface area contributed by atoms with Crippen LogP contribution in [0, 0.1) is 12.8 Å². The minimum Gasteiger partial charge on any atom is -0.493 e. The summed E-state index contributed by atoms with van der Waals surface area (Å²) in [5.74, 6) is -0.979. The Labute approximate surface area is 249 Å². The molecular weight excluding hydrogens is 540 g/mol. The molecule has 214 valence electrons. The first-order chi connectivity index (χ1) is 20.9. The van der Waals surface area contributed by atoms with Gasteiger partial charge in [-0.05, 0) is 54.0 Å². The number of hydrogen-bond acceptors (Lipinski definition) is 6. The molecule has 4 atom stereocenters. The van der Waals surface area contributed by atoms with Gasteiger partial charge in [-0.2, -0.15) is 0 Å².